The molecule has 25 heavy (non-hydrogen) atoms. The Kier molecular flexibility index (Phi) is 3.62. The van der Waals surface area contributed by atoms with E-state index in [0.717, 1.165) is 22.0 Å². The van der Waals surface area contributed by atoms with Crippen LogP contribution in [0.3, 0.4) is 0 Å². The number of fused-ring (bicyclic) bond motifs is 3. The third-order valence-corrected chi connectivity index (χ3v) is 4.96. The smallest absolute Gasteiger partial charge is 0.269 e. The molecule has 2 heterocycles. The molecule has 1 N–H and O–H groups in total. The van der Waals surface area contributed by atoms with E-state index in [1.165, 1.54) is 0 Å². The SMILES string of the molecule is COc1ccc(OC)c(C2NC(=O)c3c2c2cc(Cl)ccc2n3C)c1. The van der Waals surface area contributed by atoms with Gasteiger partial charge in [0.1, 0.15) is 17.2 Å². The van der Waals surface area contributed by atoms with Crippen LogP contribution >= 0.6 is 11.6 Å². The molecule has 2 aromatic carbocycles. The molecule has 1 aliphatic rings. The average molecular weight is 357 g/mol. The van der Waals surface area contributed by atoms with Crippen molar-refractivity contribution < 1.29 is 14.3 Å². The summed E-state index contributed by atoms with van der Waals surface area (Å²) in [6, 6.07) is 10.9. The van der Waals surface area contributed by atoms with Crippen LogP contribution in [0.5, 0.6) is 11.5 Å². The quantitative estimate of drug-likeness (QED) is 0.778. The van der Waals surface area contributed by atoms with E-state index in [9.17, 15) is 4.79 Å². The number of rotatable bonds is 3. The first-order chi connectivity index (χ1) is 12.0. The number of carbonyl (C=O) groups is 1. The summed E-state index contributed by atoms with van der Waals surface area (Å²) in [6.07, 6.45) is 0. The van der Waals surface area contributed by atoms with Crippen molar-refractivity contribution in [1.82, 2.24) is 9.88 Å². The average Bonchev–Trinajstić information content (AvgIpc) is 3.11. The molecule has 0 saturated heterocycles. The predicted octanol–water partition coefficient (Wildman–Crippen LogP) is 3.68. The second-order valence-corrected chi connectivity index (χ2v) is 6.43. The fourth-order valence-corrected chi connectivity index (χ4v) is 3.75. The van der Waals surface area contributed by atoms with Crippen LogP contribution in [0, 0.1) is 0 Å². The van der Waals surface area contributed by atoms with Gasteiger partial charge < -0.3 is 19.4 Å². The number of hydrogen-bond acceptors (Lipinski definition) is 3. The van der Waals surface area contributed by atoms with Crippen molar-refractivity contribution in [2.75, 3.05) is 14.2 Å². The Hall–Kier alpha value is -2.66. The van der Waals surface area contributed by atoms with E-state index in [0.29, 0.717) is 22.2 Å². The van der Waals surface area contributed by atoms with E-state index in [1.807, 2.05) is 48.0 Å². The molecular weight excluding hydrogens is 340 g/mol. The summed E-state index contributed by atoms with van der Waals surface area (Å²) in [5.41, 5.74) is 3.38. The highest BCUT2D eigenvalue weighted by Crippen LogP contribution is 2.42. The molecule has 1 aliphatic heterocycles. The molecule has 0 bridgehead atoms. The Morgan fingerprint density at radius 2 is 1.92 bits per heavy atom. The molecule has 1 atom stereocenters. The lowest BCUT2D eigenvalue weighted by atomic mass is 9.97. The minimum atomic E-state index is -0.324. The summed E-state index contributed by atoms with van der Waals surface area (Å²) in [4.78, 5) is 12.6. The first-order valence-electron chi connectivity index (χ1n) is 7.85. The standard InChI is InChI=1S/C19H17ClN2O3/c1-22-14-6-4-10(20)8-12(14)16-17(21-19(23)18(16)22)13-9-11(24-2)5-7-15(13)25-3/h4-9,17H,1-3H3,(H,21,23). The van der Waals surface area contributed by atoms with Gasteiger partial charge in [0.25, 0.3) is 5.91 Å². The van der Waals surface area contributed by atoms with Crippen LogP contribution in [0.2, 0.25) is 5.02 Å². The number of nitrogens with one attached hydrogen (secondary N) is 1. The van der Waals surface area contributed by atoms with E-state index < -0.39 is 0 Å². The normalized spacial score (nSPS) is 16.0. The van der Waals surface area contributed by atoms with Gasteiger partial charge in [-0.25, -0.2) is 0 Å². The highest BCUT2D eigenvalue weighted by atomic mass is 35.5. The van der Waals surface area contributed by atoms with Crippen LogP contribution in [-0.2, 0) is 7.05 Å². The van der Waals surface area contributed by atoms with Gasteiger partial charge in [-0.2, -0.15) is 0 Å². The lowest BCUT2D eigenvalue weighted by Gasteiger charge is -2.17. The summed E-state index contributed by atoms with van der Waals surface area (Å²) < 4.78 is 12.8. The zero-order chi connectivity index (χ0) is 17.7. The Bertz CT molecular complexity index is 1010. The van der Waals surface area contributed by atoms with Crippen molar-refractivity contribution in [3.05, 3.63) is 58.2 Å². The molecule has 1 aromatic heterocycles. The Morgan fingerprint density at radius 3 is 2.64 bits per heavy atom. The summed E-state index contributed by atoms with van der Waals surface area (Å²) in [7, 11) is 5.12. The number of methoxy groups -OCH3 is 2. The van der Waals surface area contributed by atoms with Gasteiger partial charge in [-0.1, -0.05) is 11.6 Å². The second kappa shape index (κ2) is 5.70. The zero-order valence-corrected chi connectivity index (χ0v) is 14.8. The molecule has 0 fully saturated rings. The number of nitrogens with zero attached hydrogens (tertiary/aromatic N) is 1. The highest BCUT2D eigenvalue weighted by molar-refractivity contribution is 6.31. The number of ether oxygens (including phenoxy) is 2. The first kappa shape index (κ1) is 15.8. The fourth-order valence-electron chi connectivity index (χ4n) is 3.58. The monoisotopic (exact) mass is 356 g/mol. The first-order valence-corrected chi connectivity index (χ1v) is 8.23. The maximum Gasteiger partial charge on any atom is 0.269 e. The van der Waals surface area contributed by atoms with Crippen molar-refractivity contribution >= 4 is 28.4 Å². The number of aromatic nitrogens is 1. The summed E-state index contributed by atoms with van der Waals surface area (Å²) in [5.74, 6) is 1.29. The van der Waals surface area contributed by atoms with Crippen LogP contribution < -0.4 is 14.8 Å². The van der Waals surface area contributed by atoms with Gasteiger partial charge in [0.15, 0.2) is 0 Å². The number of halogens is 1. The Balaban J connectivity index is 2.00. The third kappa shape index (κ3) is 2.27. The Morgan fingerprint density at radius 1 is 1.12 bits per heavy atom. The zero-order valence-electron chi connectivity index (χ0n) is 14.1. The Labute approximate surface area is 150 Å². The van der Waals surface area contributed by atoms with Gasteiger partial charge in [0.05, 0.1) is 20.3 Å². The van der Waals surface area contributed by atoms with Gasteiger partial charge in [0, 0.05) is 34.1 Å². The van der Waals surface area contributed by atoms with Gasteiger partial charge in [-0.3, -0.25) is 4.79 Å². The van der Waals surface area contributed by atoms with Crippen molar-refractivity contribution in [3.63, 3.8) is 0 Å². The molecule has 1 unspecified atom stereocenters. The van der Waals surface area contributed by atoms with Crippen molar-refractivity contribution in [3.8, 4) is 11.5 Å². The van der Waals surface area contributed by atoms with E-state index >= 15 is 0 Å². The number of carbonyl (C=O) groups excluding carboxylic acids is 1. The second-order valence-electron chi connectivity index (χ2n) is 6.00. The molecule has 6 heteroatoms. The number of aryl methyl sites for hydroxylation is 1. The van der Waals surface area contributed by atoms with E-state index in [1.54, 1.807) is 14.2 Å². The van der Waals surface area contributed by atoms with Crippen LogP contribution in [-0.4, -0.2) is 24.7 Å². The van der Waals surface area contributed by atoms with E-state index in [4.69, 9.17) is 21.1 Å². The van der Waals surface area contributed by atoms with Crippen LogP contribution in [0.4, 0.5) is 0 Å². The summed E-state index contributed by atoms with van der Waals surface area (Å²) in [6.45, 7) is 0. The van der Waals surface area contributed by atoms with Crippen LogP contribution in [0.15, 0.2) is 36.4 Å². The molecule has 0 radical (unpaired) electrons. The van der Waals surface area contributed by atoms with Gasteiger partial charge in [-0.05, 0) is 36.4 Å². The molecule has 128 valence electrons. The maximum atomic E-state index is 12.6. The van der Waals surface area contributed by atoms with Gasteiger partial charge >= 0.3 is 0 Å². The summed E-state index contributed by atoms with van der Waals surface area (Å²) in [5, 5.41) is 4.65. The van der Waals surface area contributed by atoms with E-state index in [2.05, 4.69) is 5.32 Å². The fraction of sp³-hybridized carbons (Fsp3) is 0.211. The lowest BCUT2D eigenvalue weighted by Crippen LogP contribution is -2.22. The van der Waals surface area contributed by atoms with Crippen molar-refractivity contribution in [1.29, 1.82) is 0 Å². The molecule has 0 saturated carbocycles. The minimum absolute atomic E-state index is 0.111. The number of hydrogen-bond donors (Lipinski definition) is 1. The molecule has 4 rings (SSSR count). The van der Waals surface area contributed by atoms with E-state index in [-0.39, 0.29) is 11.9 Å². The number of benzene rings is 2. The van der Waals surface area contributed by atoms with Crippen LogP contribution in [0.1, 0.15) is 27.7 Å². The molecule has 0 spiro atoms. The lowest BCUT2D eigenvalue weighted by molar-refractivity contribution is 0.0953. The molecule has 1 amide bonds. The molecule has 5 nitrogen and oxygen atoms in total. The molecular formula is C19H17ClN2O3. The highest BCUT2D eigenvalue weighted by Gasteiger charge is 2.37. The number of amides is 1. The molecule has 3 aromatic rings. The van der Waals surface area contributed by atoms with Crippen LogP contribution in [0.25, 0.3) is 10.9 Å². The van der Waals surface area contributed by atoms with Crippen molar-refractivity contribution in [2.24, 2.45) is 7.05 Å². The van der Waals surface area contributed by atoms with Gasteiger partial charge in [-0.15, -0.1) is 0 Å². The molecule has 0 aliphatic carbocycles. The third-order valence-electron chi connectivity index (χ3n) is 4.73. The van der Waals surface area contributed by atoms with Crippen molar-refractivity contribution in [2.45, 2.75) is 6.04 Å². The minimum Gasteiger partial charge on any atom is -0.497 e. The summed E-state index contributed by atoms with van der Waals surface area (Å²) >= 11 is 6.21. The topological polar surface area (TPSA) is 52.5 Å². The maximum absolute atomic E-state index is 12.6. The predicted molar refractivity (Wildman–Crippen MR) is 96.8 cm³/mol. The van der Waals surface area contributed by atoms with Gasteiger partial charge in [0.2, 0.25) is 0 Å². The largest absolute Gasteiger partial charge is 0.497 e.